The summed E-state index contributed by atoms with van der Waals surface area (Å²) in [4.78, 5) is 0. The van der Waals surface area contributed by atoms with Crippen molar-refractivity contribution in [2.75, 3.05) is 13.6 Å². The molecule has 0 unspecified atom stereocenters. The summed E-state index contributed by atoms with van der Waals surface area (Å²) >= 11 is 0. The van der Waals surface area contributed by atoms with Crippen LogP contribution in [0, 0.1) is 17.1 Å². The molecule has 0 aliphatic carbocycles. The number of nitrogens with one attached hydrogen (secondary N) is 1. The molecular weight excluding hydrogens is 191 g/mol. The van der Waals surface area contributed by atoms with E-state index in [1.807, 2.05) is 25.3 Å². The van der Waals surface area contributed by atoms with Crippen LogP contribution in [0.1, 0.15) is 11.1 Å². The summed E-state index contributed by atoms with van der Waals surface area (Å²) in [6.45, 7) is 0.769. The molecule has 0 fully saturated rings. The van der Waals surface area contributed by atoms with E-state index in [-0.39, 0.29) is 12.2 Å². The summed E-state index contributed by atoms with van der Waals surface area (Å²) in [7, 11) is 1.86. The number of rotatable bonds is 4. The molecule has 0 heterocycles. The van der Waals surface area contributed by atoms with Gasteiger partial charge in [0.25, 0.3) is 0 Å². The second-order valence-electron chi connectivity index (χ2n) is 3.15. The molecule has 3 heteroatoms. The Morgan fingerprint density at radius 2 is 2.33 bits per heavy atom. The first kappa shape index (κ1) is 11.4. The van der Waals surface area contributed by atoms with Crippen LogP contribution in [-0.2, 0) is 6.42 Å². The van der Waals surface area contributed by atoms with Crippen molar-refractivity contribution in [2.24, 2.45) is 0 Å². The average Bonchev–Trinajstić information content (AvgIpc) is 2.23. The number of nitrogens with zero attached hydrogens (tertiary/aromatic N) is 1. The second-order valence-corrected chi connectivity index (χ2v) is 3.15. The minimum absolute atomic E-state index is 0.111. The maximum absolute atomic E-state index is 13.2. The van der Waals surface area contributed by atoms with Gasteiger partial charge in [-0.1, -0.05) is 18.2 Å². The third kappa shape index (κ3) is 3.53. The molecule has 1 aromatic rings. The lowest BCUT2D eigenvalue weighted by Gasteiger charge is -1.99. The number of hydrogen-bond acceptors (Lipinski definition) is 2. The van der Waals surface area contributed by atoms with Crippen LogP contribution in [-0.4, -0.2) is 13.6 Å². The molecule has 2 nitrogen and oxygen atoms in total. The Kier molecular flexibility index (Phi) is 4.52. The van der Waals surface area contributed by atoms with E-state index >= 15 is 0 Å². The smallest absolute Gasteiger partial charge is 0.127 e. The van der Waals surface area contributed by atoms with Crippen molar-refractivity contribution >= 4 is 6.08 Å². The van der Waals surface area contributed by atoms with Crippen molar-refractivity contribution in [2.45, 2.75) is 6.42 Å². The maximum atomic E-state index is 13.2. The Morgan fingerprint density at radius 3 is 3.00 bits per heavy atom. The van der Waals surface area contributed by atoms with Crippen LogP contribution in [0.2, 0.25) is 0 Å². The fraction of sp³-hybridized carbons (Fsp3) is 0.250. The van der Waals surface area contributed by atoms with Gasteiger partial charge in [0.2, 0.25) is 0 Å². The highest BCUT2D eigenvalue weighted by Gasteiger charge is 2.01. The first-order valence-electron chi connectivity index (χ1n) is 4.74. The molecule has 0 aliphatic rings. The summed E-state index contributed by atoms with van der Waals surface area (Å²) in [6, 6.07) is 6.73. The molecule has 15 heavy (non-hydrogen) atoms. The van der Waals surface area contributed by atoms with Crippen molar-refractivity contribution in [1.82, 2.24) is 5.32 Å². The van der Waals surface area contributed by atoms with Gasteiger partial charge in [-0.2, -0.15) is 5.26 Å². The summed E-state index contributed by atoms with van der Waals surface area (Å²) < 4.78 is 13.2. The highest BCUT2D eigenvalue weighted by Crippen LogP contribution is 2.12. The van der Waals surface area contributed by atoms with Crippen LogP contribution in [0.25, 0.3) is 6.08 Å². The van der Waals surface area contributed by atoms with Crippen LogP contribution in [0.5, 0.6) is 0 Å². The molecule has 0 aliphatic heterocycles. The molecule has 0 saturated carbocycles. The first-order valence-corrected chi connectivity index (χ1v) is 4.74. The zero-order valence-electron chi connectivity index (χ0n) is 8.63. The molecule has 78 valence electrons. The van der Waals surface area contributed by atoms with E-state index in [0.717, 1.165) is 12.1 Å². The van der Waals surface area contributed by atoms with Crippen molar-refractivity contribution in [3.63, 3.8) is 0 Å². The van der Waals surface area contributed by atoms with Crippen molar-refractivity contribution < 1.29 is 4.39 Å². The fourth-order valence-corrected chi connectivity index (χ4v) is 1.23. The van der Waals surface area contributed by atoms with Gasteiger partial charge in [0.1, 0.15) is 5.82 Å². The first-order chi connectivity index (χ1) is 7.27. The minimum atomic E-state index is -0.317. The molecule has 1 rings (SSSR count). The number of hydrogen-bond donors (Lipinski definition) is 1. The van der Waals surface area contributed by atoms with E-state index in [4.69, 9.17) is 5.26 Å². The lowest BCUT2D eigenvalue weighted by molar-refractivity contribution is 0.615. The third-order valence-electron chi connectivity index (χ3n) is 1.97. The van der Waals surface area contributed by atoms with Crippen LogP contribution < -0.4 is 5.32 Å². The van der Waals surface area contributed by atoms with Gasteiger partial charge in [-0.05, 0) is 24.7 Å². The van der Waals surface area contributed by atoms with Crippen molar-refractivity contribution in [3.05, 3.63) is 41.2 Å². The van der Waals surface area contributed by atoms with Crippen LogP contribution in [0.3, 0.4) is 0 Å². The molecule has 0 bridgehead atoms. The quantitative estimate of drug-likeness (QED) is 0.815. The largest absolute Gasteiger partial charge is 0.316 e. The molecule has 0 aromatic heterocycles. The highest BCUT2D eigenvalue weighted by atomic mass is 19.1. The van der Waals surface area contributed by atoms with E-state index in [9.17, 15) is 4.39 Å². The van der Waals surface area contributed by atoms with Gasteiger partial charge in [-0.25, -0.2) is 4.39 Å². The summed E-state index contributed by atoms with van der Waals surface area (Å²) in [5, 5.41) is 11.5. The Labute approximate surface area is 89.0 Å². The average molecular weight is 204 g/mol. The number of likely N-dealkylation sites (N-methyl/N-ethyl adjacent to an activating group) is 1. The number of benzene rings is 1. The SMILES string of the molecule is CNCC=Cc1ccc(F)c(CC#N)c1. The molecule has 0 radical (unpaired) electrons. The normalized spacial score (nSPS) is 10.5. The topological polar surface area (TPSA) is 35.8 Å². The predicted octanol–water partition coefficient (Wildman–Crippen LogP) is 2.12. The zero-order chi connectivity index (χ0) is 11.1. The lowest BCUT2D eigenvalue weighted by Crippen LogP contribution is -2.03. The van der Waals surface area contributed by atoms with Gasteiger partial charge in [0, 0.05) is 12.1 Å². The Balaban J connectivity index is 2.83. The van der Waals surface area contributed by atoms with Gasteiger partial charge in [0.05, 0.1) is 12.5 Å². The van der Waals surface area contributed by atoms with E-state index in [1.165, 1.54) is 6.07 Å². The number of halogens is 1. The zero-order valence-corrected chi connectivity index (χ0v) is 8.63. The van der Waals surface area contributed by atoms with Crippen molar-refractivity contribution in [1.29, 1.82) is 5.26 Å². The van der Waals surface area contributed by atoms with Crippen molar-refractivity contribution in [3.8, 4) is 6.07 Å². The molecule has 0 spiro atoms. The summed E-state index contributed by atoms with van der Waals surface area (Å²) in [5.41, 5.74) is 1.36. The van der Waals surface area contributed by atoms with Gasteiger partial charge in [-0.15, -0.1) is 0 Å². The molecule has 1 aromatic carbocycles. The monoisotopic (exact) mass is 204 g/mol. The van der Waals surface area contributed by atoms with E-state index < -0.39 is 0 Å². The van der Waals surface area contributed by atoms with Gasteiger partial charge >= 0.3 is 0 Å². The summed E-state index contributed by atoms with van der Waals surface area (Å²) in [5.74, 6) is -0.317. The van der Waals surface area contributed by atoms with E-state index in [2.05, 4.69) is 5.32 Å². The van der Waals surface area contributed by atoms with E-state index in [0.29, 0.717) is 5.56 Å². The molecular formula is C12H13FN2. The Hall–Kier alpha value is -1.66. The molecule has 0 amide bonds. The van der Waals surface area contributed by atoms with Gasteiger partial charge < -0.3 is 5.32 Å². The van der Waals surface area contributed by atoms with Crippen LogP contribution in [0.15, 0.2) is 24.3 Å². The number of nitriles is 1. The summed E-state index contributed by atoms with van der Waals surface area (Å²) in [6.07, 6.45) is 3.96. The second kappa shape index (κ2) is 5.94. The standard InChI is InChI=1S/C12H13FN2/c1-15-8-2-3-10-4-5-12(13)11(9-10)6-7-14/h2-5,9,15H,6,8H2,1H3. The Morgan fingerprint density at radius 1 is 1.53 bits per heavy atom. The molecule has 0 atom stereocenters. The van der Waals surface area contributed by atoms with Crippen LogP contribution in [0.4, 0.5) is 4.39 Å². The fourth-order valence-electron chi connectivity index (χ4n) is 1.23. The Bertz CT molecular complexity index is 391. The highest BCUT2D eigenvalue weighted by molar-refractivity contribution is 5.51. The van der Waals surface area contributed by atoms with Crippen LogP contribution >= 0.6 is 0 Å². The predicted molar refractivity (Wildman–Crippen MR) is 58.7 cm³/mol. The molecule has 1 N–H and O–H groups in total. The third-order valence-corrected chi connectivity index (χ3v) is 1.97. The maximum Gasteiger partial charge on any atom is 0.127 e. The van der Waals surface area contributed by atoms with E-state index in [1.54, 1.807) is 12.1 Å². The van der Waals surface area contributed by atoms with Gasteiger partial charge in [0.15, 0.2) is 0 Å². The molecule has 0 saturated heterocycles. The lowest BCUT2D eigenvalue weighted by atomic mass is 10.1. The minimum Gasteiger partial charge on any atom is -0.316 e. The van der Waals surface area contributed by atoms with Gasteiger partial charge in [-0.3, -0.25) is 0 Å².